The Balaban J connectivity index is 3.18. The molecule has 1 N–H and O–H groups in total. The van der Waals surface area contributed by atoms with Crippen LogP contribution in [0, 0.1) is 13.8 Å². The zero-order valence-electron chi connectivity index (χ0n) is 8.50. The summed E-state index contributed by atoms with van der Waals surface area (Å²) in [6, 6.07) is 0. The molecule has 76 valence electrons. The molecule has 4 nitrogen and oxygen atoms in total. The molecule has 1 aromatic heterocycles. The molecule has 0 aliphatic heterocycles. The van der Waals surface area contributed by atoms with E-state index in [0.29, 0.717) is 17.0 Å². The summed E-state index contributed by atoms with van der Waals surface area (Å²) in [5.74, 6) is 0.0668. The summed E-state index contributed by atoms with van der Waals surface area (Å²) < 4.78 is 5.01. The quantitative estimate of drug-likeness (QED) is 0.718. The number of carbonyl (C=O) groups is 1. The number of aliphatic hydroxyl groups is 1. The number of hydrogen-bond acceptors (Lipinski definition) is 4. The minimum Gasteiger partial charge on any atom is -0.424 e. The van der Waals surface area contributed by atoms with Crippen LogP contribution in [0.1, 0.15) is 23.7 Å². The standard InChI is InChI=1S/C10H13NO3/c1-6-9(5-12)4-11-7(2)10(6)14-8(3)13/h4,12H,5H2,1-3H3. The average molecular weight is 195 g/mol. The highest BCUT2D eigenvalue weighted by atomic mass is 16.5. The maximum atomic E-state index is 10.8. The van der Waals surface area contributed by atoms with Gasteiger partial charge in [-0.3, -0.25) is 9.78 Å². The fraction of sp³-hybridized carbons (Fsp3) is 0.400. The maximum Gasteiger partial charge on any atom is 0.308 e. The molecule has 0 spiro atoms. The number of carbonyl (C=O) groups excluding carboxylic acids is 1. The van der Waals surface area contributed by atoms with Gasteiger partial charge < -0.3 is 9.84 Å². The number of rotatable bonds is 2. The van der Waals surface area contributed by atoms with Crippen LogP contribution >= 0.6 is 0 Å². The lowest BCUT2D eigenvalue weighted by Gasteiger charge is -2.10. The SMILES string of the molecule is CC(=O)Oc1c(C)ncc(CO)c1C. The maximum absolute atomic E-state index is 10.8. The molecule has 0 aromatic carbocycles. The summed E-state index contributed by atoms with van der Waals surface area (Å²) >= 11 is 0. The van der Waals surface area contributed by atoms with Gasteiger partial charge in [0.05, 0.1) is 12.3 Å². The second kappa shape index (κ2) is 4.19. The third-order valence-corrected chi connectivity index (χ3v) is 1.98. The fourth-order valence-electron chi connectivity index (χ4n) is 1.20. The molecule has 0 bridgehead atoms. The van der Waals surface area contributed by atoms with E-state index in [1.165, 1.54) is 6.92 Å². The highest BCUT2D eigenvalue weighted by Gasteiger charge is 2.11. The number of esters is 1. The van der Waals surface area contributed by atoms with Gasteiger partial charge in [-0.15, -0.1) is 0 Å². The highest BCUT2D eigenvalue weighted by Crippen LogP contribution is 2.24. The van der Waals surface area contributed by atoms with E-state index < -0.39 is 0 Å². The van der Waals surface area contributed by atoms with Crippen molar-refractivity contribution in [2.75, 3.05) is 0 Å². The molecule has 0 saturated heterocycles. The Hall–Kier alpha value is -1.42. The van der Waals surface area contributed by atoms with Gasteiger partial charge in [-0.2, -0.15) is 0 Å². The highest BCUT2D eigenvalue weighted by molar-refractivity contribution is 5.70. The van der Waals surface area contributed by atoms with Gasteiger partial charge in [-0.25, -0.2) is 0 Å². The Morgan fingerprint density at radius 3 is 2.71 bits per heavy atom. The van der Waals surface area contributed by atoms with Gasteiger partial charge >= 0.3 is 5.97 Å². The summed E-state index contributed by atoms with van der Waals surface area (Å²) in [5, 5.41) is 8.99. The van der Waals surface area contributed by atoms with Crippen molar-refractivity contribution in [1.29, 1.82) is 0 Å². The normalized spacial score (nSPS) is 10.0. The minimum absolute atomic E-state index is 0.104. The minimum atomic E-state index is -0.381. The first-order valence-electron chi connectivity index (χ1n) is 4.30. The van der Waals surface area contributed by atoms with Crippen LogP contribution in [0.5, 0.6) is 5.75 Å². The van der Waals surface area contributed by atoms with Crippen molar-refractivity contribution in [3.8, 4) is 5.75 Å². The first-order chi connectivity index (χ1) is 6.56. The lowest BCUT2D eigenvalue weighted by molar-refractivity contribution is -0.132. The Morgan fingerprint density at radius 1 is 1.57 bits per heavy atom. The summed E-state index contributed by atoms with van der Waals surface area (Å²) in [6.07, 6.45) is 1.58. The molecular weight excluding hydrogens is 182 g/mol. The lowest BCUT2D eigenvalue weighted by atomic mass is 10.1. The van der Waals surface area contributed by atoms with Crippen molar-refractivity contribution < 1.29 is 14.6 Å². The molecule has 0 atom stereocenters. The number of pyridine rings is 1. The summed E-state index contributed by atoms with van der Waals surface area (Å²) in [6.45, 7) is 4.78. The molecule has 1 heterocycles. The van der Waals surface area contributed by atoms with Gasteiger partial charge in [0.2, 0.25) is 0 Å². The number of ether oxygens (including phenoxy) is 1. The smallest absolute Gasteiger partial charge is 0.308 e. The van der Waals surface area contributed by atoms with Crippen LogP contribution in [-0.4, -0.2) is 16.1 Å². The van der Waals surface area contributed by atoms with Crippen molar-refractivity contribution in [2.24, 2.45) is 0 Å². The Morgan fingerprint density at radius 2 is 2.21 bits per heavy atom. The van der Waals surface area contributed by atoms with Crippen molar-refractivity contribution in [2.45, 2.75) is 27.4 Å². The van der Waals surface area contributed by atoms with Crippen molar-refractivity contribution in [3.05, 3.63) is 23.0 Å². The zero-order chi connectivity index (χ0) is 10.7. The summed E-state index contributed by atoms with van der Waals surface area (Å²) in [5.41, 5.74) is 2.08. The second-order valence-corrected chi connectivity index (χ2v) is 3.07. The van der Waals surface area contributed by atoms with E-state index >= 15 is 0 Å². The molecule has 0 fully saturated rings. The first-order valence-corrected chi connectivity index (χ1v) is 4.30. The van der Waals surface area contributed by atoms with Gasteiger partial charge in [0.25, 0.3) is 0 Å². The van der Waals surface area contributed by atoms with Gasteiger partial charge in [-0.1, -0.05) is 0 Å². The molecule has 1 aromatic rings. The summed E-state index contributed by atoms with van der Waals surface area (Å²) in [7, 11) is 0. The second-order valence-electron chi connectivity index (χ2n) is 3.07. The van der Waals surface area contributed by atoms with E-state index in [1.807, 2.05) is 0 Å². The zero-order valence-corrected chi connectivity index (χ0v) is 8.50. The molecule has 0 unspecified atom stereocenters. The Bertz CT molecular complexity index is 361. The Labute approximate surface area is 82.5 Å². The van der Waals surface area contributed by atoms with Crippen LogP contribution in [0.4, 0.5) is 0 Å². The third-order valence-electron chi connectivity index (χ3n) is 1.98. The van der Waals surface area contributed by atoms with E-state index in [1.54, 1.807) is 20.0 Å². The van der Waals surface area contributed by atoms with Crippen LogP contribution < -0.4 is 4.74 Å². The van der Waals surface area contributed by atoms with Gasteiger partial charge in [0.1, 0.15) is 0 Å². The van der Waals surface area contributed by atoms with Crippen molar-refractivity contribution in [3.63, 3.8) is 0 Å². The van der Waals surface area contributed by atoms with Crippen LogP contribution in [0.15, 0.2) is 6.20 Å². The topological polar surface area (TPSA) is 59.4 Å². The molecule has 0 aliphatic carbocycles. The largest absolute Gasteiger partial charge is 0.424 e. The predicted octanol–water partition coefficient (Wildman–Crippen LogP) is 1.12. The van der Waals surface area contributed by atoms with Gasteiger partial charge in [0, 0.05) is 24.2 Å². The van der Waals surface area contributed by atoms with Crippen molar-refractivity contribution in [1.82, 2.24) is 4.98 Å². The number of aromatic nitrogens is 1. The lowest BCUT2D eigenvalue weighted by Crippen LogP contribution is -2.07. The van der Waals surface area contributed by atoms with Crippen LogP contribution in [0.3, 0.4) is 0 Å². The fourth-order valence-corrected chi connectivity index (χ4v) is 1.20. The van der Waals surface area contributed by atoms with E-state index in [9.17, 15) is 4.79 Å². The summed E-state index contributed by atoms with van der Waals surface area (Å²) in [4.78, 5) is 14.8. The Kier molecular flexibility index (Phi) is 3.19. The molecule has 0 amide bonds. The van der Waals surface area contributed by atoms with E-state index in [4.69, 9.17) is 9.84 Å². The third kappa shape index (κ3) is 2.09. The van der Waals surface area contributed by atoms with E-state index in [0.717, 1.165) is 5.56 Å². The number of aryl methyl sites for hydroxylation is 1. The monoisotopic (exact) mass is 195 g/mol. The van der Waals surface area contributed by atoms with Crippen LogP contribution in [0.2, 0.25) is 0 Å². The molecule has 0 radical (unpaired) electrons. The van der Waals surface area contributed by atoms with Crippen molar-refractivity contribution >= 4 is 5.97 Å². The first kappa shape index (κ1) is 10.7. The number of aliphatic hydroxyl groups excluding tert-OH is 1. The van der Waals surface area contributed by atoms with Crippen LogP contribution in [0.25, 0.3) is 0 Å². The average Bonchev–Trinajstić information content (AvgIpc) is 2.12. The molecule has 14 heavy (non-hydrogen) atoms. The molecular formula is C10H13NO3. The van der Waals surface area contributed by atoms with E-state index in [2.05, 4.69) is 4.98 Å². The number of nitrogens with zero attached hydrogens (tertiary/aromatic N) is 1. The molecule has 0 saturated carbocycles. The molecule has 1 rings (SSSR count). The van der Waals surface area contributed by atoms with Crippen LogP contribution in [-0.2, 0) is 11.4 Å². The molecule has 0 aliphatic rings. The predicted molar refractivity (Wildman–Crippen MR) is 50.9 cm³/mol. The molecule has 4 heteroatoms. The van der Waals surface area contributed by atoms with Gasteiger partial charge in [0.15, 0.2) is 5.75 Å². The van der Waals surface area contributed by atoms with Gasteiger partial charge in [-0.05, 0) is 13.8 Å². The number of hydrogen-bond donors (Lipinski definition) is 1. The van der Waals surface area contributed by atoms with E-state index in [-0.39, 0.29) is 12.6 Å².